The summed E-state index contributed by atoms with van der Waals surface area (Å²) in [5, 5.41) is 10.7. The van der Waals surface area contributed by atoms with E-state index < -0.39 is 17.6 Å². The molecule has 3 rings (SSSR count). The monoisotopic (exact) mass is 415 g/mol. The van der Waals surface area contributed by atoms with E-state index in [4.69, 9.17) is 11.5 Å². The van der Waals surface area contributed by atoms with Gasteiger partial charge in [0.15, 0.2) is 17.6 Å². The number of amides is 1. The van der Waals surface area contributed by atoms with Crippen molar-refractivity contribution >= 4 is 40.2 Å². The van der Waals surface area contributed by atoms with Crippen molar-refractivity contribution in [3.8, 4) is 0 Å². The van der Waals surface area contributed by atoms with Gasteiger partial charge in [-0.05, 0) is 61.5 Å². The van der Waals surface area contributed by atoms with E-state index in [0.717, 1.165) is 0 Å². The normalized spacial score (nSPS) is 11.8. The molecule has 0 saturated carbocycles. The van der Waals surface area contributed by atoms with Gasteiger partial charge in [-0.1, -0.05) is 18.2 Å². The number of rotatable bonds is 7. The quantitative estimate of drug-likeness (QED) is 0.231. The number of Topliss-reactive ketones (excluding diaryl/α,β-unsaturated/α-hetero) is 2. The van der Waals surface area contributed by atoms with Crippen LogP contribution in [0.1, 0.15) is 27.6 Å². The molecule has 3 aromatic rings. The summed E-state index contributed by atoms with van der Waals surface area (Å²) in [5.41, 5.74) is 13.7. The van der Waals surface area contributed by atoms with Crippen LogP contribution in [0.2, 0.25) is 0 Å². The number of ketones is 2. The van der Waals surface area contributed by atoms with Gasteiger partial charge in [0.2, 0.25) is 0 Å². The molecule has 0 aromatic heterocycles. The average molecular weight is 415 g/mol. The SMILES string of the molecule is CC(=O)C(N=Nc1ccc(C(=O)Nc2ccccc2)cc1)C(=O)c1cc(N)ccc1N. The Bertz CT molecular complexity index is 1140. The minimum atomic E-state index is -1.34. The van der Waals surface area contributed by atoms with Crippen LogP contribution in [0.25, 0.3) is 0 Å². The zero-order chi connectivity index (χ0) is 22.4. The lowest BCUT2D eigenvalue weighted by Crippen LogP contribution is -2.27. The highest BCUT2D eigenvalue weighted by Crippen LogP contribution is 2.21. The van der Waals surface area contributed by atoms with Crippen LogP contribution in [0, 0.1) is 0 Å². The van der Waals surface area contributed by atoms with E-state index in [2.05, 4.69) is 15.5 Å². The summed E-state index contributed by atoms with van der Waals surface area (Å²) >= 11 is 0. The van der Waals surface area contributed by atoms with Gasteiger partial charge in [-0.15, -0.1) is 0 Å². The molecule has 8 nitrogen and oxygen atoms in total. The minimum Gasteiger partial charge on any atom is -0.399 e. The van der Waals surface area contributed by atoms with E-state index in [-0.39, 0.29) is 17.2 Å². The number of para-hydroxylation sites is 1. The van der Waals surface area contributed by atoms with Crippen LogP contribution in [0.4, 0.5) is 22.7 Å². The molecule has 0 aliphatic rings. The highest BCUT2D eigenvalue weighted by molar-refractivity contribution is 6.16. The summed E-state index contributed by atoms with van der Waals surface area (Å²) in [7, 11) is 0. The fraction of sp³-hybridized carbons (Fsp3) is 0.0870. The summed E-state index contributed by atoms with van der Waals surface area (Å²) in [6.45, 7) is 1.25. The van der Waals surface area contributed by atoms with Crippen LogP contribution in [0.3, 0.4) is 0 Å². The smallest absolute Gasteiger partial charge is 0.255 e. The lowest BCUT2D eigenvalue weighted by atomic mass is 10.00. The molecular formula is C23H21N5O3. The number of hydrogen-bond acceptors (Lipinski definition) is 7. The van der Waals surface area contributed by atoms with Crippen molar-refractivity contribution in [3.63, 3.8) is 0 Å². The molecule has 3 aromatic carbocycles. The van der Waals surface area contributed by atoms with Crippen LogP contribution in [0.15, 0.2) is 83.0 Å². The highest BCUT2D eigenvalue weighted by Gasteiger charge is 2.26. The maximum atomic E-state index is 12.7. The number of nitrogens with two attached hydrogens (primary N) is 2. The highest BCUT2D eigenvalue weighted by atomic mass is 16.2. The van der Waals surface area contributed by atoms with Crippen LogP contribution in [-0.4, -0.2) is 23.5 Å². The van der Waals surface area contributed by atoms with Gasteiger partial charge in [-0.3, -0.25) is 14.4 Å². The molecule has 0 aliphatic carbocycles. The Morgan fingerprint density at radius 1 is 0.903 bits per heavy atom. The first-order chi connectivity index (χ1) is 14.8. The second-order valence-electron chi connectivity index (χ2n) is 6.81. The number of anilines is 3. The van der Waals surface area contributed by atoms with Crippen molar-refractivity contribution in [1.82, 2.24) is 0 Å². The molecule has 0 heterocycles. The topological polar surface area (TPSA) is 140 Å². The third-order valence-electron chi connectivity index (χ3n) is 4.43. The van der Waals surface area contributed by atoms with E-state index >= 15 is 0 Å². The molecule has 156 valence electrons. The number of benzene rings is 3. The van der Waals surface area contributed by atoms with E-state index in [1.807, 2.05) is 18.2 Å². The molecule has 1 unspecified atom stereocenters. The summed E-state index contributed by atoms with van der Waals surface area (Å²) in [5.74, 6) is -1.34. The Hall–Kier alpha value is -4.33. The Morgan fingerprint density at radius 3 is 2.23 bits per heavy atom. The zero-order valence-electron chi connectivity index (χ0n) is 16.8. The van der Waals surface area contributed by atoms with Crippen molar-refractivity contribution in [3.05, 3.63) is 83.9 Å². The van der Waals surface area contributed by atoms with Crippen LogP contribution < -0.4 is 16.8 Å². The van der Waals surface area contributed by atoms with Gasteiger partial charge in [0.1, 0.15) is 0 Å². The average Bonchev–Trinajstić information content (AvgIpc) is 2.76. The first-order valence-corrected chi connectivity index (χ1v) is 9.42. The lowest BCUT2D eigenvalue weighted by molar-refractivity contribution is -0.117. The zero-order valence-corrected chi connectivity index (χ0v) is 16.8. The molecule has 0 spiro atoms. The lowest BCUT2D eigenvalue weighted by Gasteiger charge is -2.10. The third-order valence-corrected chi connectivity index (χ3v) is 4.43. The Balaban J connectivity index is 1.74. The largest absolute Gasteiger partial charge is 0.399 e. The standard InChI is InChI=1S/C23H21N5O3/c1-14(29)21(22(30)19-13-16(24)9-12-20(19)25)28-27-18-10-7-15(8-11-18)23(31)26-17-5-3-2-4-6-17/h2-13,21H,24-25H2,1H3,(H,26,31). The second kappa shape index (κ2) is 9.45. The number of nitrogen functional groups attached to an aromatic ring is 2. The first kappa shape index (κ1) is 21.4. The predicted molar refractivity (Wildman–Crippen MR) is 119 cm³/mol. The number of carbonyl (C=O) groups excluding carboxylic acids is 3. The molecule has 0 bridgehead atoms. The van der Waals surface area contributed by atoms with Crippen molar-refractivity contribution in [1.29, 1.82) is 0 Å². The minimum absolute atomic E-state index is 0.118. The van der Waals surface area contributed by atoms with Crippen LogP contribution in [-0.2, 0) is 4.79 Å². The number of hydrogen-bond donors (Lipinski definition) is 3. The van der Waals surface area contributed by atoms with Gasteiger partial charge < -0.3 is 16.8 Å². The van der Waals surface area contributed by atoms with Crippen molar-refractivity contribution < 1.29 is 14.4 Å². The van der Waals surface area contributed by atoms with E-state index in [1.54, 1.807) is 42.5 Å². The number of nitrogens with one attached hydrogen (secondary N) is 1. The molecule has 0 saturated heterocycles. The molecule has 0 fully saturated rings. The summed E-state index contributed by atoms with van der Waals surface area (Å²) in [6.07, 6.45) is 0. The van der Waals surface area contributed by atoms with Gasteiger partial charge in [0.25, 0.3) is 5.91 Å². The third kappa shape index (κ3) is 5.39. The maximum Gasteiger partial charge on any atom is 0.255 e. The molecule has 31 heavy (non-hydrogen) atoms. The fourth-order valence-corrected chi connectivity index (χ4v) is 2.78. The van der Waals surface area contributed by atoms with Crippen molar-refractivity contribution in [2.24, 2.45) is 10.2 Å². The number of carbonyl (C=O) groups is 3. The maximum absolute atomic E-state index is 12.7. The van der Waals surface area contributed by atoms with Crippen molar-refractivity contribution in [2.45, 2.75) is 13.0 Å². The Labute approximate surface area is 179 Å². The van der Waals surface area contributed by atoms with Gasteiger partial charge >= 0.3 is 0 Å². The number of azo groups is 1. The van der Waals surface area contributed by atoms with Crippen LogP contribution in [0.5, 0.6) is 0 Å². The van der Waals surface area contributed by atoms with Gasteiger partial charge in [-0.2, -0.15) is 10.2 Å². The molecular weight excluding hydrogens is 394 g/mol. The van der Waals surface area contributed by atoms with Gasteiger partial charge in [-0.25, -0.2) is 0 Å². The summed E-state index contributed by atoms with van der Waals surface area (Å²) in [4.78, 5) is 37.0. The molecule has 0 radical (unpaired) electrons. The fourth-order valence-electron chi connectivity index (χ4n) is 2.78. The molecule has 0 aliphatic heterocycles. The Morgan fingerprint density at radius 2 is 1.58 bits per heavy atom. The summed E-state index contributed by atoms with van der Waals surface area (Å²) < 4.78 is 0. The second-order valence-corrected chi connectivity index (χ2v) is 6.81. The van der Waals surface area contributed by atoms with Crippen LogP contribution >= 0.6 is 0 Å². The Kier molecular flexibility index (Phi) is 6.51. The molecule has 5 N–H and O–H groups in total. The van der Waals surface area contributed by atoms with Crippen molar-refractivity contribution in [2.75, 3.05) is 16.8 Å². The van der Waals surface area contributed by atoms with E-state index in [0.29, 0.717) is 22.6 Å². The predicted octanol–water partition coefficient (Wildman–Crippen LogP) is 4.03. The van der Waals surface area contributed by atoms with Gasteiger partial charge in [0, 0.05) is 28.2 Å². The van der Waals surface area contributed by atoms with Gasteiger partial charge in [0.05, 0.1) is 5.69 Å². The summed E-state index contributed by atoms with van der Waals surface area (Å²) in [6, 6.07) is 18.5. The number of nitrogens with zero attached hydrogens (tertiary/aromatic N) is 2. The molecule has 1 amide bonds. The molecule has 8 heteroatoms. The van der Waals surface area contributed by atoms with E-state index in [1.165, 1.54) is 19.1 Å². The molecule has 1 atom stereocenters. The first-order valence-electron chi connectivity index (χ1n) is 9.42. The van der Waals surface area contributed by atoms with E-state index in [9.17, 15) is 14.4 Å².